The van der Waals surface area contributed by atoms with Crippen LogP contribution >= 0.6 is 0 Å². The van der Waals surface area contributed by atoms with E-state index in [9.17, 15) is 12.8 Å². The first-order chi connectivity index (χ1) is 12.5. The lowest BCUT2D eigenvalue weighted by atomic mass is 10.1. The van der Waals surface area contributed by atoms with Crippen LogP contribution in [0, 0.1) is 12.7 Å². The predicted octanol–water partition coefficient (Wildman–Crippen LogP) is 4.39. The third-order valence-corrected chi connectivity index (χ3v) is 5.93. The average molecular weight is 366 g/mol. The first kappa shape index (κ1) is 16.5. The molecular formula is C20H15FN2O2S. The molecule has 0 saturated carbocycles. The third-order valence-electron chi connectivity index (χ3n) is 4.26. The number of nitrogens with zero attached hydrogens (tertiary/aromatic N) is 2. The van der Waals surface area contributed by atoms with E-state index in [1.165, 1.54) is 16.1 Å². The fraction of sp³-hybridized carbons (Fsp3) is 0.0500. The van der Waals surface area contributed by atoms with Gasteiger partial charge in [0, 0.05) is 23.3 Å². The second kappa shape index (κ2) is 6.07. The van der Waals surface area contributed by atoms with Crippen LogP contribution in [0.25, 0.3) is 22.2 Å². The molecule has 0 atom stereocenters. The van der Waals surface area contributed by atoms with Gasteiger partial charge >= 0.3 is 0 Å². The number of pyridine rings is 1. The van der Waals surface area contributed by atoms with Gasteiger partial charge in [0.05, 0.1) is 4.90 Å². The molecule has 0 N–H and O–H groups in total. The fourth-order valence-electron chi connectivity index (χ4n) is 2.90. The summed E-state index contributed by atoms with van der Waals surface area (Å²) < 4.78 is 40.7. The molecule has 130 valence electrons. The molecule has 0 aliphatic rings. The van der Waals surface area contributed by atoms with Crippen LogP contribution < -0.4 is 0 Å². The minimum absolute atomic E-state index is 0.191. The summed E-state index contributed by atoms with van der Waals surface area (Å²) in [4.78, 5) is 4.45. The highest BCUT2D eigenvalue weighted by atomic mass is 32.2. The maximum atomic E-state index is 13.3. The van der Waals surface area contributed by atoms with Gasteiger partial charge in [-0.05, 0) is 48.9 Å². The Labute approximate surface area is 150 Å². The predicted molar refractivity (Wildman–Crippen MR) is 98.9 cm³/mol. The zero-order valence-electron chi connectivity index (χ0n) is 13.9. The van der Waals surface area contributed by atoms with Gasteiger partial charge in [-0.3, -0.25) is 0 Å². The number of fused-ring (bicyclic) bond motifs is 1. The van der Waals surface area contributed by atoms with E-state index in [4.69, 9.17) is 0 Å². The van der Waals surface area contributed by atoms with E-state index < -0.39 is 10.0 Å². The number of halogens is 1. The maximum absolute atomic E-state index is 13.3. The molecule has 0 aliphatic carbocycles. The van der Waals surface area contributed by atoms with Crippen LogP contribution in [0.1, 0.15) is 5.56 Å². The van der Waals surface area contributed by atoms with Gasteiger partial charge in [-0.2, -0.15) is 0 Å². The summed E-state index contributed by atoms with van der Waals surface area (Å²) in [6.45, 7) is 1.90. The highest BCUT2D eigenvalue weighted by molar-refractivity contribution is 7.90. The number of benzene rings is 2. The van der Waals surface area contributed by atoms with E-state index in [1.54, 1.807) is 54.9 Å². The molecule has 26 heavy (non-hydrogen) atoms. The van der Waals surface area contributed by atoms with Gasteiger partial charge < -0.3 is 0 Å². The second-order valence-electron chi connectivity index (χ2n) is 6.04. The molecule has 0 fully saturated rings. The minimum atomic E-state index is -3.80. The Balaban J connectivity index is 1.96. The molecule has 4 aromatic rings. The van der Waals surface area contributed by atoms with Gasteiger partial charge in [0.1, 0.15) is 5.82 Å². The van der Waals surface area contributed by atoms with Crippen LogP contribution in [0.3, 0.4) is 0 Å². The van der Waals surface area contributed by atoms with E-state index in [0.717, 1.165) is 11.1 Å². The lowest BCUT2D eigenvalue weighted by molar-refractivity contribution is 0.588. The Kier molecular flexibility index (Phi) is 3.85. The lowest BCUT2D eigenvalue weighted by Gasteiger charge is -2.07. The summed E-state index contributed by atoms with van der Waals surface area (Å²) in [5, 5.41) is 0.690. The van der Waals surface area contributed by atoms with Crippen molar-refractivity contribution in [3.63, 3.8) is 0 Å². The van der Waals surface area contributed by atoms with Crippen molar-refractivity contribution in [1.82, 2.24) is 8.96 Å². The Morgan fingerprint density at radius 2 is 1.65 bits per heavy atom. The summed E-state index contributed by atoms with van der Waals surface area (Å²) in [6, 6.07) is 16.2. The van der Waals surface area contributed by atoms with E-state index >= 15 is 0 Å². The molecular weight excluding hydrogens is 351 g/mol. The molecule has 4 nitrogen and oxygen atoms in total. The highest BCUT2D eigenvalue weighted by Crippen LogP contribution is 2.32. The molecule has 2 aromatic carbocycles. The van der Waals surface area contributed by atoms with E-state index in [1.807, 2.05) is 13.0 Å². The Morgan fingerprint density at radius 3 is 2.35 bits per heavy atom. The maximum Gasteiger partial charge on any atom is 0.269 e. The van der Waals surface area contributed by atoms with Crippen LogP contribution in [0.2, 0.25) is 0 Å². The Bertz CT molecular complexity index is 1200. The zero-order chi connectivity index (χ0) is 18.3. The molecule has 0 bridgehead atoms. The molecule has 4 rings (SSSR count). The first-order valence-corrected chi connectivity index (χ1v) is 9.45. The summed E-state index contributed by atoms with van der Waals surface area (Å²) in [5.74, 6) is -0.345. The molecule has 2 heterocycles. The first-order valence-electron chi connectivity index (χ1n) is 8.01. The standard InChI is InChI=1S/C20H15FN2O2S/c1-14-4-10-17(11-5-14)26(24,25)23-13-19(15-6-8-16(21)9-7-15)18-3-2-12-22-20(18)23/h2-13H,1H3. The van der Waals surface area contributed by atoms with Crippen molar-refractivity contribution in [2.45, 2.75) is 11.8 Å². The van der Waals surface area contributed by atoms with Gasteiger partial charge in [0.2, 0.25) is 0 Å². The summed E-state index contributed by atoms with van der Waals surface area (Å²) >= 11 is 0. The molecule has 6 heteroatoms. The fourth-order valence-corrected chi connectivity index (χ4v) is 4.22. The van der Waals surface area contributed by atoms with Crippen molar-refractivity contribution >= 4 is 21.1 Å². The quantitative estimate of drug-likeness (QED) is 0.540. The minimum Gasteiger partial charge on any atom is -0.237 e. The van der Waals surface area contributed by atoms with Crippen molar-refractivity contribution < 1.29 is 12.8 Å². The smallest absolute Gasteiger partial charge is 0.237 e. The monoisotopic (exact) mass is 366 g/mol. The normalized spacial score (nSPS) is 11.8. The van der Waals surface area contributed by atoms with Crippen molar-refractivity contribution in [3.8, 4) is 11.1 Å². The van der Waals surface area contributed by atoms with Crippen LogP contribution in [0.5, 0.6) is 0 Å². The van der Waals surface area contributed by atoms with Crippen molar-refractivity contribution in [2.75, 3.05) is 0 Å². The summed E-state index contributed by atoms with van der Waals surface area (Å²) in [5.41, 5.74) is 2.73. The third kappa shape index (κ3) is 2.68. The van der Waals surface area contributed by atoms with Crippen LogP contribution in [0.4, 0.5) is 4.39 Å². The van der Waals surface area contributed by atoms with Gasteiger partial charge in [0.15, 0.2) is 5.65 Å². The number of rotatable bonds is 3. The van der Waals surface area contributed by atoms with E-state index in [2.05, 4.69) is 4.98 Å². The van der Waals surface area contributed by atoms with E-state index in [-0.39, 0.29) is 10.7 Å². The molecule has 0 saturated heterocycles. The zero-order valence-corrected chi connectivity index (χ0v) is 14.7. The second-order valence-corrected chi connectivity index (χ2v) is 7.85. The highest BCUT2D eigenvalue weighted by Gasteiger charge is 2.22. The largest absolute Gasteiger partial charge is 0.269 e. The van der Waals surface area contributed by atoms with Crippen LogP contribution in [0.15, 0.2) is 78.0 Å². The average Bonchev–Trinajstić information content (AvgIpc) is 3.03. The van der Waals surface area contributed by atoms with Crippen LogP contribution in [-0.4, -0.2) is 17.4 Å². The molecule has 0 spiro atoms. The van der Waals surface area contributed by atoms with Gasteiger partial charge in [-0.15, -0.1) is 0 Å². The van der Waals surface area contributed by atoms with E-state index in [0.29, 0.717) is 16.6 Å². The topological polar surface area (TPSA) is 52.0 Å². The SMILES string of the molecule is Cc1ccc(S(=O)(=O)n2cc(-c3ccc(F)cc3)c3cccnc32)cc1. The number of hydrogen-bond donors (Lipinski definition) is 0. The summed E-state index contributed by atoms with van der Waals surface area (Å²) in [6.07, 6.45) is 3.10. The molecule has 0 amide bonds. The molecule has 0 unspecified atom stereocenters. The molecule has 0 aliphatic heterocycles. The number of aryl methyl sites for hydroxylation is 1. The van der Waals surface area contributed by atoms with Crippen molar-refractivity contribution in [1.29, 1.82) is 0 Å². The van der Waals surface area contributed by atoms with Crippen molar-refractivity contribution in [2.24, 2.45) is 0 Å². The Hall–Kier alpha value is -2.99. The molecule has 0 radical (unpaired) electrons. The number of hydrogen-bond acceptors (Lipinski definition) is 3. The lowest BCUT2D eigenvalue weighted by Crippen LogP contribution is -2.12. The van der Waals surface area contributed by atoms with Crippen LogP contribution in [-0.2, 0) is 10.0 Å². The van der Waals surface area contributed by atoms with Gasteiger partial charge in [-0.1, -0.05) is 29.8 Å². The van der Waals surface area contributed by atoms with Crippen molar-refractivity contribution in [3.05, 3.63) is 84.4 Å². The number of aromatic nitrogens is 2. The molecule has 2 aromatic heterocycles. The van der Waals surface area contributed by atoms with Gasteiger partial charge in [-0.25, -0.2) is 21.8 Å². The Morgan fingerprint density at radius 1 is 0.962 bits per heavy atom. The van der Waals surface area contributed by atoms with Gasteiger partial charge in [0.25, 0.3) is 10.0 Å². The summed E-state index contributed by atoms with van der Waals surface area (Å²) in [7, 11) is -3.80.